The van der Waals surface area contributed by atoms with Crippen LogP contribution in [0, 0.1) is 40.4 Å². The number of rotatable bonds is 8. The van der Waals surface area contributed by atoms with Crippen molar-refractivity contribution < 1.29 is 19.1 Å². The zero-order chi connectivity index (χ0) is 15.5. The van der Waals surface area contributed by atoms with E-state index < -0.39 is 17.9 Å². The number of nitrogens with zero attached hydrogens (tertiary/aromatic N) is 2. The summed E-state index contributed by atoms with van der Waals surface area (Å²) in [7, 11) is 0. The van der Waals surface area contributed by atoms with E-state index in [0.717, 1.165) is 0 Å². The third-order valence-corrected chi connectivity index (χ3v) is 3.00. The van der Waals surface area contributed by atoms with Gasteiger partial charge < -0.3 is 9.47 Å². The second-order valence-corrected chi connectivity index (χ2v) is 4.73. The van der Waals surface area contributed by atoms with Gasteiger partial charge in [-0.2, -0.15) is 10.5 Å². The minimum Gasteiger partial charge on any atom is -0.464 e. The first kappa shape index (κ1) is 17.9. The van der Waals surface area contributed by atoms with Crippen molar-refractivity contribution in [2.75, 3.05) is 13.2 Å². The van der Waals surface area contributed by atoms with Gasteiger partial charge in [-0.3, -0.25) is 9.59 Å². The van der Waals surface area contributed by atoms with Crippen molar-refractivity contribution in [2.24, 2.45) is 17.8 Å². The highest BCUT2D eigenvalue weighted by Crippen LogP contribution is 2.23. The topological polar surface area (TPSA) is 100 Å². The van der Waals surface area contributed by atoms with Crippen molar-refractivity contribution in [1.82, 2.24) is 0 Å². The number of hydrogen-bond donors (Lipinski definition) is 0. The second-order valence-electron chi connectivity index (χ2n) is 4.73. The molecule has 0 fully saturated rings. The molecule has 6 nitrogen and oxygen atoms in total. The summed E-state index contributed by atoms with van der Waals surface area (Å²) in [5.41, 5.74) is 0. The lowest BCUT2D eigenvalue weighted by molar-refractivity contribution is -0.165. The van der Waals surface area contributed by atoms with Crippen LogP contribution in [0.15, 0.2) is 0 Å². The molecular weight excluding hydrogens is 260 g/mol. The predicted octanol–water partition coefficient (Wildman–Crippen LogP) is 1.81. The average molecular weight is 280 g/mol. The summed E-state index contributed by atoms with van der Waals surface area (Å²) >= 11 is 0. The van der Waals surface area contributed by atoms with E-state index in [4.69, 9.17) is 20.0 Å². The molecule has 0 bridgehead atoms. The zero-order valence-corrected chi connectivity index (χ0v) is 12.1. The fourth-order valence-corrected chi connectivity index (χ4v) is 1.48. The summed E-state index contributed by atoms with van der Waals surface area (Å²) in [4.78, 5) is 23.9. The Morgan fingerprint density at radius 3 is 1.65 bits per heavy atom. The van der Waals surface area contributed by atoms with Crippen LogP contribution in [0.2, 0.25) is 0 Å². The van der Waals surface area contributed by atoms with Crippen LogP contribution in [0.4, 0.5) is 0 Å². The Morgan fingerprint density at radius 1 is 0.950 bits per heavy atom. The fraction of sp³-hybridized carbons (Fsp3) is 0.714. The van der Waals surface area contributed by atoms with Crippen LogP contribution in [-0.4, -0.2) is 25.2 Å². The Morgan fingerprint density at radius 2 is 1.35 bits per heavy atom. The summed E-state index contributed by atoms with van der Waals surface area (Å²) < 4.78 is 9.83. The smallest absolute Gasteiger partial charge is 0.320 e. The first-order chi connectivity index (χ1) is 9.45. The summed E-state index contributed by atoms with van der Waals surface area (Å²) in [6, 6.07) is 3.71. The van der Waals surface area contributed by atoms with Crippen molar-refractivity contribution in [3.63, 3.8) is 0 Å². The maximum Gasteiger partial charge on any atom is 0.320 e. The molecule has 6 heteroatoms. The van der Waals surface area contributed by atoms with Gasteiger partial charge in [0.15, 0.2) is 5.92 Å². The third-order valence-electron chi connectivity index (χ3n) is 3.00. The maximum absolute atomic E-state index is 11.9. The van der Waals surface area contributed by atoms with Crippen LogP contribution in [0.25, 0.3) is 0 Å². The second kappa shape index (κ2) is 9.80. The van der Waals surface area contributed by atoms with Crippen molar-refractivity contribution in [3.05, 3.63) is 0 Å². The van der Waals surface area contributed by atoms with Crippen LogP contribution in [-0.2, 0) is 19.1 Å². The lowest BCUT2D eigenvalue weighted by Crippen LogP contribution is -2.35. The predicted molar refractivity (Wildman–Crippen MR) is 69.9 cm³/mol. The van der Waals surface area contributed by atoms with E-state index in [9.17, 15) is 9.59 Å². The Kier molecular flexibility index (Phi) is 8.78. The monoisotopic (exact) mass is 280 g/mol. The molecule has 20 heavy (non-hydrogen) atoms. The highest BCUT2D eigenvalue weighted by Gasteiger charge is 2.36. The number of esters is 2. The Balaban J connectivity index is 4.72. The number of carbonyl (C=O) groups is 2. The first-order valence-electron chi connectivity index (χ1n) is 6.52. The van der Waals surface area contributed by atoms with E-state index in [-0.39, 0.29) is 37.9 Å². The van der Waals surface area contributed by atoms with Gasteiger partial charge in [0.25, 0.3) is 0 Å². The van der Waals surface area contributed by atoms with Gasteiger partial charge in [0.2, 0.25) is 0 Å². The van der Waals surface area contributed by atoms with E-state index in [2.05, 4.69) is 0 Å². The van der Waals surface area contributed by atoms with Gasteiger partial charge in [-0.05, 0) is 11.8 Å². The van der Waals surface area contributed by atoms with Crippen molar-refractivity contribution in [1.29, 1.82) is 10.5 Å². The van der Waals surface area contributed by atoms with Gasteiger partial charge in [0.1, 0.15) is 13.2 Å². The van der Waals surface area contributed by atoms with E-state index in [1.807, 2.05) is 26.0 Å². The summed E-state index contributed by atoms with van der Waals surface area (Å²) in [5.74, 6) is -2.54. The van der Waals surface area contributed by atoms with Gasteiger partial charge in [-0.15, -0.1) is 0 Å². The Hall–Kier alpha value is -2.08. The van der Waals surface area contributed by atoms with Crippen LogP contribution in [0.1, 0.15) is 33.6 Å². The molecule has 1 unspecified atom stereocenters. The van der Waals surface area contributed by atoms with Gasteiger partial charge >= 0.3 is 11.9 Å². The van der Waals surface area contributed by atoms with Crippen LogP contribution >= 0.6 is 0 Å². The summed E-state index contributed by atoms with van der Waals surface area (Å²) in [6.45, 7) is 5.47. The molecule has 0 aromatic heterocycles. The molecule has 0 N–H and O–H groups in total. The molecule has 0 saturated heterocycles. The van der Waals surface area contributed by atoms with E-state index in [0.29, 0.717) is 0 Å². The highest BCUT2D eigenvalue weighted by atomic mass is 16.6. The summed E-state index contributed by atoms with van der Waals surface area (Å²) in [5, 5.41) is 16.8. The molecule has 0 saturated carbocycles. The largest absolute Gasteiger partial charge is 0.464 e. The molecular formula is C14H20N2O4. The van der Waals surface area contributed by atoms with Gasteiger partial charge in [-0.1, -0.05) is 20.8 Å². The van der Waals surface area contributed by atoms with Crippen molar-refractivity contribution in [2.45, 2.75) is 33.6 Å². The minimum absolute atomic E-state index is 0.0396. The molecule has 0 spiro atoms. The Labute approximate surface area is 119 Å². The number of hydrogen-bond acceptors (Lipinski definition) is 6. The van der Waals surface area contributed by atoms with Gasteiger partial charge in [0.05, 0.1) is 25.0 Å². The molecule has 0 rings (SSSR count). The van der Waals surface area contributed by atoms with Gasteiger partial charge in [0, 0.05) is 0 Å². The van der Waals surface area contributed by atoms with Crippen LogP contribution in [0.3, 0.4) is 0 Å². The third kappa shape index (κ3) is 6.19. The SMILES string of the molecule is CC(C)C(C)C(C(=O)OCCC#N)C(=O)OCCC#N. The lowest BCUT2D eigenvalue weighted by atomic mass is 9.85. The number of nitriles is 2. The van der Waals surface area contributed by atoms with E-state index in [1.54, 1.807) is 6.92 Å². The molecule has 0 aromatic carbocycles. The van der Waals surface area contributed by atoms with E-state index >= 15 is 0 Å². The van der Waals surface area contributed by atoms with Crippen LogP contribution in [0.5, 0.6) is 0 Å². The molecule has 0 radical (unpaired) electrons. The van der Waals surface area contributed by atoms with Crippen molar-refractivity contribution >= 4 is 11.9 Å². The standard InChI is InChI=1S/C14H20N2O4/c1-10(2)11(3)12(13(17)19-8-4-6-15)14(18)20-9-5-7-16/h10-12H,4-5,8-9H2,1-3H3. The summed E-state index contributed by atoms with van der Waals surface area (Å²) in [6.07, 6.45) is 0.163. The zero-order valence-electron chi connectivity index (χ0n) is 12.1. The average Bonchev–Trinajstić information content (AvgIpc) is 2.39. The highest BCUT2D eigenvalue weighted by molar-refractivity contribution is 5.95. The normalized spacial score (nSPS) is 11.6. The van der Waals surface area contributed by atoms with Crippen molar-refractivity contribution in [3.8, 4) is 12.1 Å². The van der Waals surface area contributed by atoms with E-state index in [1.165, 1.54) is 0 Å². The fourth-order valence-electron chi connectivity index (χ4n) is 1.48. The minimum atomic E-state index is -1.02. The molecule has 1 atom stereocenters. The molecule has 0 aromatic rings. The molecule has 0 aliphatic heterocycles. The Bertz CT molecular complexity index is 374. The molecule has 0 heterocycles. The van der Waals surface area contributed by atoms with Crippen LogP contribution < -0.4 is 0 Å². The quantitative estimate of drug-likeness (QED) is 0.382. The molecule has 110 valence electrons. The van der Waals surface area contributed by atoms with Gasteiger partial charge in [-0.25, -0.2) is 0 Å². The molecule has 0 aliphatic rings. The lowest BCUT2D eigenvalue weighted by Gasteiger charge is -2.23. The number of ether oxygens (including phenoxy) is 2. The molecule has 0 amide bonds. The number of carbonyl (C=O) groups excluding carboxylic acids is 2. The maximum atomic E-state index is 11.9. The molecule has 0 aliphatic carbocycles. The first-order valence-corrected chi connectivity index (χ1v) is 6.52.